The van der Waals surface area contributed by atoms with Crippen LogP contribution in [0.4, 0.5) is 0 Å². The lowest BCUT2D eigenvalue weighted by Gasteiger charge is -2.09. The first kappa shape index (κ1) is 10.6. The van der Waals surface area contributed by atoms with E-state index < -0.39 is 16.1 Å². The summed E-state index contributed by atoms with van der Waals surface area (Å²) in [7, 11) is -3.29. The number of hydrogen-bond acceptors (Lipinski definition) is 4. The Balaban J connectivity index is 2.13. The van der Waals surface area contributed by atoms with Gasteiger partial charge in [-0.05, 0) is 12.1 Å². The molecule has 1 fully saturated rings. The van der Waals surface area contributed by atoms with Gasteiger partial charge in [0, 0.05) is 0 Å². The highest BCUT2D eigenvalue weighted by molar-refractivity contribution is 7.91. The van der Waals surface area contributed by atoms with Crippen LogP contribution in [0.3, 0.4) is 0 Å². The van der Waals surface area contributed by atoms with Crippen molar-refractivity contribution >= 4 is 9.84 Å². The van der Waals surface area contributed by atoms with Crippen molar-refractivity contribution in [2.24, 2.45) is 0 Å². The number of sulfone groups is 1. The molecule has 0 aliphatic carbocycles. The van der Waals surface area contributed by atoms with Crippen LogP contribution in [0.5, 0.6) is 0 Å². The van der Waals surface area contributed by atoms with Crippen LogP contribution >= 0.6 is 0 Å². The highest BCUT2D eigenvalue weighted by atomic mass is 32.2. The quantitative estimate of drug-likeness (QED) is 0.769. The van der Waals surface area contributed by atoms with Gasteiger partial charge in [-0.25, -0.2) is 8.42 Å². The van der Waals surface area contributed by atoms with Crippen LogP contribution in [-0.2, 0) is 19.3 Å². The van der Waals surface area contributed by atoms with Gasteiger partial charge < -0.3 is 9.47 Å². The monoisotopic (exact) mass is 228 g/mol. The van der Waals surface area contributed by atoms with Gasteiger partial charge in [0.15, 0.2) is 16.1 Å². The molecule has 5 heteroatoms. The zero-order valence-corrected chi connectivity index (χ0v) is 8.94. The maximum absolute atomic E-state index is 11.8. The Morgan fingerprint density at radius 3 is 2.33 bits per heavy atom. The van der Waals surface area contributed by atoms with Crippen LogP contribution in [0, 0.1) is 0 Å². The zero-order chi connectivity index (χ0) is 10.7. The van der Waals surface area contributed by atoms with Gasteiger partial charge in [-0.3, -0.25) is 0 Å². The molecule has 0 unspecified atom stereocenters. The van der Waals surface area contributed by atoms with Crippen LogP contribution in [0.1, 0.15) is 0 Å². The molecule has 0 spiro atoms. The van der Waals surface area contributed by atoms with E-state index in [1.165, 1.54) is 0 Å². The SMILES string of the molecule is O=S(=O)(CC1OCCO1)c1ccccc1. The van der Waals surface area contributed by atoms with Gasteiger partial charge in [-0.15, -0.1) is 0 Å². The molecule has 1 aliphatic rings. The van der Waals surface area contributed by atoms with Crippen LogP contribution in [-0.4, -0.2) is 33.7 Å². The molecule has 1 heterocycles. The van der Waals surface area contributed by atoms with Gasteiger partial charge in [0.2, 0.25) is 0 Å². The second-order valence-electron chi connectivity index (χ2n) is 3.27. The number of ether oxygens (including phenoxy) is 2. The maximum atomic E-state index is 11.8. The molecule has 0 aromatic heterocycles. The van der Waals surface area contributed by atoms with E-state index in [2.05, 4.69) is 0 Å². The van der Waals surface area contributed by atoms with Crippen LogP contribution in [0.25, 0.3) is 0 Å². The molecule has 82 valence electrons. The topological polar surface area (TPSA) is 52.6 Å². The third-order valence-corrected chi connectivity index (χ3v) is 3.85. The Morgan fingerprint density at radius 2 is 1.73 bits per heavy atom. The van der Waals surface area contributed by atoms with Crippen LogP contribution in [0.15, 0.2) is 35.2 Å². The Bertz CT molecular complexity index is 406. The fraction of sp³-hybridized carbons (Fsp3) is 0.400. The van der Waals surface area contributed by atoms with E-state index in [9.17, 15) is 8.42 Å². The predicted molar refractivity (Wildman–Crippen MR) is 54.2 cm³/mol. The number of benzene rings is 1. The Kier molecular flexibility index (Phi) is 3.04. The molecule has 2 rings (SSSR count). The number of hydrogen-bond donors (Lipinski definition) is 0. The second-order valence-corrected chi connectivity index (χ2v) is 5.30. The molecule has 0 saturated carbocycles. The zero-order valence-electron chi connectivity index (χ0n) is 8.13. The standard InChI is InChI=1S/C10H12O4S/c11-15(12,8-10-13-6-7-14-10)9-4-2-1-3-5-9/h1-5,10H,6-8H2. The second kappa shape index (κ2) is 4.30. The molecule has 0 radical (unpaired) electrons. The molecular weight excluding hydrogens is 216 g/mol. The van der Waals surface area contributed by atoms with Crippen molar-refractivity contribution in [3.05, 3.63) is 30.3 Å². The van der Waals surface area contributed by atoms with Crippen molar-refractivity contribution in [2.45, 2.75) is 11.2 Å². The Labute approximate surface area is 88.7 Å². The Morgan fingerprint density at radius 1 is 1.13 bits per heavy atom. The van der Waals surface area contributed by atoms with E-state index in [0.717, 1.165) is 0 Å². The minimum Gasteiger partial charge on any atom is -0.349 e. The van der Waals surface area contributed by atoms with Gasteiger partial charge in [0.25, 0.3) is 0 Å². The van der Waals surface area contributed by atoms with Crippen molar-refractivity contribution in [3.63, 3.8) is 0 Å². The van der Waals surface area contributed by atoms with E-state index in [1.54, 1.807) is 30.3 Å². The van der Waals surface area contributed by atoms with E-state index in [-0.39, 0.29) is 5.75 Å². The molecular formula is C10H12O4S. The third-order valence-electron chi connectivity index (χ3n) is 2.15. The van der Waals surface area contributed by atoms with E-state index in [4.69, 9.17) is 9.47 Å². The molecule has 0 amide bonds. The van der Waals surface area contributed by atoms with Crippen molar-refractivity contribution in [1.82, 2.24) is 0 Å². The molecule has 0 atom stereocenters. The lowest BCUT2D eigenvalue weighted by molar-refractivity contribution is -0.0226. The van der Waals surface area contributed by atoms with Crippen molar-refractivity contribution in [3.8, 4) is 0 Å². The first-order valence-electron chi connectivity index (χ1n) is 4.69. The van der Waals surface area contributed by atoms with Gasteiger partial charge >= 0.3 is 0 Å². The maximum Gasteiger partial charge on any atom is 0.183 e. The van der Waals surface area contributed by atoms with Crippen LogP contribution in [0.2, 0.25) is 0 Å². The van der Waals surface area contributed by atoms with Gasteiger partial charge in [0.1, 0.15) is 5.75 Å². The van der Waals surface area contributed by atoms with Crippen molar-refractivity contribution < 1.29 is 17.9 Å². The minimum atomic E-state index is -3.29. The fourth-order valence-electron chi connectivity index (χ4n) is 1.41. The van der Waals surface area contributed by atoms with Gasteiger partial charge in [-0.1, -0.05) is 18.2 Å². The van der Waals surface area contributed by atoms with Crippen molar-refractivity contribution in [1.29, 1.82) is 0 Å². The van der Waals surface area contributed by atoms with Gasteiger partial charge in [-0.2, -0.15) is 0 Å². The predicted octanol–water partition coefficient (Wildman–Crippen LogP) is 0.833. The molecule has 0 N–H and O–H groups in total. The summed E-state index contributed by atoms with van der Waals surface area (Å²) in [4.78, 5) is 0.309. The van der Waals surface area contributed by atoms with Crippen LogP contribution < -0.4 is 0 Å². The lowest BCUT2D eigenvalue weighted by atomic mass is 10.4. The summed E-state index contributed by atoms with van der Waals surface area (Å²) in [6, 6.07) is 8.32. The molecule has 1 saturated heterocycles. The summed E-state index contributed by atoms with van der Waals surface area (Å²) >= 11 is 0. The first-order chi connectivity index (χ1) is 7.18. The largest absolute Gasteiger partial charge is 0.349 e. The summed E-state index contributed by atoms with van der Waals surface area (Å²) in [5.41, 5.74) is 0. The molecule has 0 bridgehead atoms. The summed E-state index contributed by atoms with van der Waals surface area (Å²) in [6.07, 6.45) is -0.616. The fourth-order valence-corrected chi connectivity index (χ4v) is 2.72. The molecule has 1 aromatic rings. The molecule has 1 aromatic carbocycles. The number of rotatable bonds is 3. The summed E-state index contributed by atoms with van der Waals surface area (Å²) < 4.78 is 33.9. The normalized spacial score (nSPS) is 18.1. The van der Waals surface area contributed by atoms with E-state index in [0.29, 0.717) is 18.1 Å². The Hall–Kier alpha value is -0.910. The smallest absolute Gasteiger partial charge is 0.183 e. The van der Waals surface area contributed by atoms with Gasteiger partial charge in [0.05, 0.1) is 18.1 Å². The average molecular weight is 228 g/mol. The summed E-state index contributed by atoms with van der Waals surface area (Å²) in [5, 5.41) is 0. The minimum absolute atomic E-state index is 0.114. The highest BCUT2D eigenvalue weighted by Gasteiger charge is 2.25. The molecule has 15 heavy (non-hydrogen) atoms. The van der Waals surface area contributed by atoms with E-state index >= 15 is 0 Å². The first-order valence-corrected chi connectivity index (χ1v) is 6.35. The van der Waals surface area contributed by atoms with E-state index in [1.807, 2.05) is 0 Å². The lowest BCUT2D eigenvalue weighted by Crippen LogP contribution is -2.21. The van der Waals surface area contributed by atoms with Crippen molar-refractivity contribution in [2.75, 3.05) is 19.0 Å². The summed E-state index contributed by atoms with van der Waals surface area (Å²) in [6.45, 7) is 0.934. The third kappa shape index (κ3) is 2.56. The highest BCUT2D eigenvalue weighted by Crippen LogP contribution is 2.14. The average Bonchev–Trinajstić information content (AvgIpc) is 2.71. The molecule has 1 aliphatic heterocycles. The molecule has 4 nitrogen and oxygen atoms in total. The summed E-state index contributed by atoms with van der Waals surface area (Å²) in [5.74, 6) is -0.114.